The van der Waals surface area contributed by atoms with Crippen LogP contribution in [-0.4, -0.2) is 16.8 Å². The summed E-state index contributed by atoms with van der Waals surface area (Å²) in [7, 11) is 0. The highest BCUT2D eigenvalue weighted by Crippen LogP contribution is 2.37. The van der Waals surface area contributed by atoms with Crippen molar-refractivity contribution in [1.82, 2.24) is 0 Å². The van der Waals surface area contributed by atoms with E-state index in [0.29, 0.717) is 33.9 Å². The fourth-order valence-electron chi connectivity index (χ4n) is 3.27. The molecule has 0 N–H and O–H groups in total. The first-order valence-corrected chi connectivity index (χ1v) is 11.6. The van der Waals surface area contributed by atoms with Crippen LogP contribution in [0.1, 0.15) is 23.6 Å². The summed E-state index contributed by atoms with van der Waals surface area (Å²) < 4.78 is 12.3. The third-order valence-corrected chi connectivity index (χ3v) is 6.19. The number of anilines is 1. The van der Waals surface area contributed by atoms with Gasteiger partial charge in [0.15, 0.2) is 15.8 Å². The van der Waals surface area contributed by atoms with E-state index in [9.17, 15) is 4.79 Å². The highest BCUT2D eigenvalue weighted by atomic mass is 32.2. The number of hydrogen-bond acceptors (Lipinski definition) is 5. The Labute approximate surface area is 197 Å². The van der Waals surface area contributed by atoms with Crippen molar-refractivity contribution < 1.29 is 14.3 Å². The van der Waals surface area contributed by atoms with E-state index in [2.05, 4.69) is 31.2 Å². The molecule has 1 amide bonds. The highest BCUT2D eigenvalue weighted by molar-refractivity contribution is 8.27. The molecule has 0 saturated carbocycles. The minimum Gasteiger partial charge on any atom is -0.490 e. The number of nitrogens with zero attached hydrogens (tertiary/aromatic N) is 1. The molecule has 4 rings (SSSR count). The van der Waals surface area contributed by atoms with Crippen LogP contribution in [0, 0.1) is 6.92 Å². The second-order valence-electron chi connectivity index (χ2n) is 7.27. The third-order valence-electron chi connectivity index (χ3n) is 4.89. The number of carbonyl (C=O) groups is 1. The minimum absolute atomic E-state index is 0.121. The van der Waals surface area contributed by atoms with Crippen molar-refractivity contribution in [2.75, 3.05) is 11.5 Å². The van der Waals surface area contributed by atoms with Gasteiger partial charge in [-0.1, -0.05) is 78.1 Å². The maximum absolute atomic E-state index is 13.0. The van der Waals surface area contributed by atoms with Crippen LogP contribution >= 0.6 is 24.0 Å². The Kier molecular flexibility index (Phi) is 6.93. The fraction of sp³-hybridized carbons (Fsp3) is 0.154. The van der Waals surface area contributed by atoms with Crippen LogP contribution in [0.15, 0.2) is 77.7 Å². The summed E-state index contributed by atoms with van der Waals surface area (Å²) in [6.07, 6.45) is 1.84. The van der Waals surface area contributed by atoms with E-state index in [1.807, 2.05) is 61.5 Å². The van der Waals surface area contributed by atoms with Gasteiger partial charge in [-0.3, -0.25) is 9.69 Å². The Balaban J connectivity index is 1.54. The summed E-state index contributed by atoms with van der Waals surface area (Å²) in [5.41, 5.74) is 3.93. The number of hydrogen-bond donors (Lipinski definition) is 0. The third kappa shape index (κ3) is 5.03. The Morgan fingerprint density at radius 2 is 1.72 bits per heavy atom. The average Bonchev–Trinajstić information content (AvgIpc) is 3.08. The van der Waals surface area contributed by atoms with E-state index in [0.717, 1.165) is 16.8 Å². The Bertz CT molecular complexity index is 1160. The van der Waals surface area contributed by atoms with Crippen molar-refractivity contribution in [2.24, 2.45) is 0 Å². The lowest BCUT2D eigenvalue weighted by molar-refractivity contribution is -0.113. The van der Waals surface area contributed by atoms with Crippen LogP contribution in [0.3, 0.4) is 0 Å². The van der Waals surface area contributed by atoms with Gasteiger partial charge in [-0.15, -0.1) is 0 Å². The monoisotopic (exact) mass is 461 g/mol. The number of amides is 1. The zero-order valence-corrected chi connectivity index (χ0v) is 19.5. The molecule has 3 aromatic rings. The number of ether oxygens (including phenoxy) is 2. The largest absolute Gasteiger partial charge is 0.490 e. The maximum Gasteiger partial charge on any atom is 0.270 e. The Morgan fingerprint density at radius 1 is 0.969 bits per heavy atom. The summed E-state index contributed by atoms with van der Waals surface area (Å²) in [5, 5.41) is 0. The van der Waals surface area contributed by atoms with Crippen LogP contribution in [0.2, 0.25) is 0 Å². The average molecular weight is 462 g/mol. The van der Waals surface area contributed by atoms with Crippen molar-refractivity contribution in [3.63, 3.8) is 0 Å². The van der Waals surface area contributed by atoms with Crippen LogP contribution in [0.4, 0.5) is 5.69 Å². The van der Waals surface area contributed by atoms with E-state index in [1.165, 1.54) is 17.3 Å². The van der Waals surface area contributed by atoms with Crippen molar-refractivity contribution in [3.8, 4) is 11.5 Å². The summed E-state index contributed by atoms with van der Waals surface area (Å²) in [4.78, 5) is 15.1. The first-order valence-electron chi connectivity index (χ1n) is 10.3. The summed E-state index contributed by atoms with van der Waals surface area (Å²) in [5.74, 6) is 1.19. The smallest absolute Gasteiger partial charge is 0.270 e. The lowest BCUT2D eigenvalue weighted by Gasteiger charge is -2.14. The van der Waals surface area contributed by atoms with Gasteiger partial charge in [0, 0.05) is 0 Å². The van der Waals surface area contributed by atoms with Crippen molar-refractivity contribution in [3.05, 3.63) is 94.4 Å². The van der Waals surface area contributed by atoms with Crippen LogP contribution in [0.25, 0.3) is 6.08 Å². The molecule has 1 heterocycles. The molecular weight excluding hydrogens is 438 g/mol. The van der Waals surface area contributed by atoms with Gasteiger partial charge < -0.3 is 9.47 Å². The molecule has 0 atom stereocenters. The molecule has 32 heavy (non-hydrogen) atoms. The predicted molar refractivity (Wildman–Crippen MR) is 135 cm³/mol. The highest BCUT2D eigenvalue weighted by Gasteiger charge is 2.33. The number of para-hydroxylation sites is 1. The molecule has 0 bridgehead atoms. The molecular formula is C26H23NO3S2. The van der Waals surface area contributed by atoms with Gasteiger partial charge >= 0.3 is 0 Å². The zero-order valence-electron chi connectivity index (χ0n) is 17.9. The van der Waals surface area contributed by atoms with Crippen LogP contribution in [0.5, 0.6) is 11.5 Å². The molecule has 0 spiro atoms. The lowest BCUT2D eigenvalue weighted by atomic mass is 10.1. The number of carbonyl (C=O) groups excluding carboxylic acids is 1. The van der Waals surface area contributed by atoms with E-state index in [4.69, 9.17) is 21.7 Å². The molecule has 0 radical (unpaired) electrons. The maximum atomic E-state index is 13.0. The second kappa shape index (κ2) is 10.0. The molecule has 1 aliphatic rings. The van der Waals surface area contributed by atoms with Crippen LogP contribution < -0.4 is 14.4 Å². The summed E-state index contributed by atoms with van der Waals surface area (Å²) in [6, 6.07) is 23.4. The number of rotatable bonds is 7. The van der Waals surface area contributed by atoms with E-state index < -0.39 is 0 Å². The number of benzene rings is 3. The molecule has 0 aromatic heterocycles. The molecule has 4 nitrogen and oxygen atoms in total. The van der Waals surface area contributed by atoms with Crippen molar-refractivity contribution in [1.29, 1.82) is 0 Å². The van der Waals surface area contributed by atoms with Gasteiger partial charge in [0.25, 0.3) is 5.91 Å². The Morgan fingerprint density at radius 3 is 2.44 bits per heavy atom. The van der Waals surface area contributed by atoms with E-state index in [-0.39, 0.29) is 5.91 Å². The van der Waals surface area contributed by atoms with Gasteiger partial charge in [0.2, 0.25) is 0 Å². The normalized spacial score (nSPS) is 14.8. The number of aryl methyl sites for hydroxylation is 1. The second-order valence-corrected chi connectivity index (χ2v) is 8.94. The van der Waals surface area contributed by atoms with Crippen LogP contribution in [-0.2, 0) is 11.4 Å². The number of thiocarbonyl (C=S) groups is 1. The van der Waals surface area contributed by atoms with Gasteiger partial charge in [0.1, 0.15) is 6.61 Å². The summed E-state index contributed by atoms with van der Waals surface area (Å²) in [6.45, 7) is 4.96. The van der Waals surface area contributed by atoms with Gasteiger partial charge in [0.05, 0.1) is 17.2 Å². The zero-order chi connectivity index (χ0) is 22.5. The van der Waals surface area contributed by atoms with Gasteiger partial charge in [-0.25, -0.2) is 0 Å². The Hall–Kier alpha value is -3.09. The fourth-order valence-corrected chi connectivity index (χ4v) is 4.57. The molecule has 1 aliphatic heterocycles. The predicted octanol–water partition coefficient (Wildman–Crippen LogP) is 6.38. The minimum atomic E-state index is -0.121. The van der Waals surface area contributed by atoms with Gasteiger partial charge in [-0.05, 0) is 55.3 Å². The molecule has 1 saturated heterocycles. The first kappa shape index (κ1) is 22.1. The van der Waals surface area contributed by atoms with Crippen molar-refractivity contribution in [2.45, 2.75) is 20.5 Å². The quantitative estimate of drug-likeness (QED) is 0.302. The van der Waals surface area contributed by atoms with E-state index in [1.54, 1.807) is 4.90 Å². The van der Waals surface area contributed by atoms with Gasteiger partial charge in [-0.2, -0.15) is 0 Å². The molecule has 3 aromatic carbocycles. The molecule has 0 unspecified atom stereocenters. The lowest BCUT2D eigenvalue weighted by Crippen LogP contribution is -2.27. The van der Waals surface area contributed by atoms with E-state index >= 15 is 0 Å². The first-order chi connectivity index (χ1) is 15.5. The SMILES string of the molecule is CCOc1cc(/C=C2\SC(=S)N(c3ccccc3)C2=O)ccc1OCc1ccc(C)cc1. The molecule has 0 aliphatic carbocycles. The van der Waals surface area contributed by atoms with Crippen molar-refractivity contribution >= 4 is 46.0 Å². The summed E-state index contributed by atoms with van der Waals surface area (Å²) >= 11 is 6.75. The molecule has 1 fully saturated rings. The standard InChI is InChI=1S/C26H23NO3S2/c1-3-29-23-15-20(13-14-22(23)30-17-19-11-9-18(2)10-12-19)16-24-25(28)27(26(31)32-24)21-7-5-4-6-8-21/h4-16H,3,17H2,1-2H3/b24-16-. The molecule has 162 valence electrons. The molecule has 6 heteroatoms. The topological polar surface area (TPSA) is 38.8 Å². The number of thioether (sulfide) groups is 1.